The van der Waals surface area contributed by atoms with E-state index in [0.717, 1.165) is 5.56 Å². The number of amides is 2. The van der Waals surface area contributed by atoms with Crippen LogP contribution in [-0.2, 0) is 0 Å². The molecule has 0 aliphatic rings. The third-order valence-electron chi connectivity index (χ3n) is 4.90. The van der Waals surface area contributed by atoms with E-state index in [1.807, 2.05) is 25.1 Å². The fraction of sp³-hybridized carbons (Fsp3) is 0.0400. The van der Waals surface area contributed by atoms with Crippen molar-refractivity contribution in [2.45, 2.75) is 6.92 Å². The smallest absolute Gasteiger partial charge is 0.276 e. The Labute approximate surface area is 198 Å². The summed E-state index contributed by atoms with van der Waals surface area (Å²) < 4.78 is 0.694. The molecule has 0 atom stereocenters. The van der Waals surface area contributed by atoms with Gasteiger partial charge in [-0.05, 0) is 37.3 Å². The second kappa shape index (κ2) is 9.62. The molecule has 0 saturated heterocycles. The predicted molar refractivity (Wildman–Crippen MR) is 130 cm³/mol. The van der Waals surface area contributed by atoms with E-state index in [4.69, 9.17) is 0 Å². The lowest BCUT2D eigenvalue weighted by Crippen LogP contribution is -2.21. The van der Waals surface area contributed by atoms with Gasteiger partial charge in [-0.15, -0.1) is 0 Å². The van der Waals surface area contributed by atoms with Gasteiger partial charge in [0, 0.05) is 21.3 Å². The molecule has 33 heavy (non-hydrogen) atoms. The molecule has 0 unspecified atom stereocenters. The average molecular weight is 503 g/mol. The van der Waals surface area contributed by atoms with Crippen molar-refractivity contribution >= 4 is 44.9 Å². The van der Waals surface area contributed by atoms with Crippen LogP contribution in [-0.4, -0.2) is 27.6 Å². The summed E-state index contributed by atoms with van der Waals surface area (Å²) in [4.78, 5) is 45.5. The molecule has 0 fully saturated rings. The maximum atomic E-state index is 13.0. The first-order valence-electron chi connectivity index (χ1n) is 10.0. The van der Waals surface area contributed by atoms with E-state index < -0.39 is 11.8 Å². The zero-order valence-corrected chi connectivity index (χ0v) is 19.1. The monoisotopic (exact) mass is 502 g/mol. The van der Waals surface area contributed by atoms with Gasteiger partial charge in [0.2, 0.25) is 0 Å². The van der Waals surface area contributed by atoms with Crippen LogP contribution < -0.4 is 10.6 Å². The van der Waals surface area contributed by atoms with E-state index >= 15 is 0 Å². The van der Waals surface area contributed by atoms with Crippen molar-refractivity contribution in [1.82, 2.24) is 9.97 Å². The summed E-state index contributed by atoms with van der Waals surface area (Å²) in [6, 6.07) is 21.0. The maximum absolute atomic E-state index is 13.0. The number of rotatable bonds is 6. The number of aromatic nitrogens is 2. The van der Waals surface area contributed by atoms with Crippen LogP contribution >= 0.6 is 15.9 Å². The first-order valence-corrected chi connectivity index (χ1v) is 10.8. The molecule has 1 heterocycles. The number of carbonyl (C=O) groups excluding carboxylic acids is 3. The molecule has 0 radical (unpaired) electrons. The van der Waals surface area contributed by atoms with Crippen LogP contribution in [0.1, 0.15) is 42.5 Å². The molecule has 1 aromatic heterocycles. The maximum Gasteiger partial charge on any atom is 0.276 e. The highest BCUT2D eigenvalue weighted by molar-refractivity contribution is 9.10. The van der Waals surface area contributed by atoms with Crippen molar-refractivity contribution < 1.29 is 14.4 Å². The lowest BCUT2D eigenvalue weighted by molar-refractivity contribution is 0.0985. The van der Waals surface area contributed by atoms with E-state index in [9.17, 15) is 14.4 Å². The van der Waals surface area contributed by atoms with Crippen LogP contribution in [0.2, 0.25) is 0 Å². The van der Waals surface area contributed by atoms with Crippen molar-refractivity contribution in [3.8, 4) is 0 Å². The number of aromatic amines is 1. The topological polar surface area (TPSA) is 104 Å². The molecular formula is C25H19BrN4O3. The van der Waals surface area contributed by atoms with Gasteiger partial charge >= 0.3 is 0 Å². The number of carbonyl (C=O) groups is 3. The average Bonchev–Trinajstić information content (AvgIpc) is 3.32. The van der Waals surface area contributed by atoms with Gasteiger partial charge < -0.3 is 15.6 Å². The first kappa shape index (κ1) is 22.2. The van der Waals surface area contributed by atoms with Crippen LogP contribution in [0.3, 0.4) is 0 Å². The summed E-state index contributed by atoms with van der Waals surface area (Å²) in [5.74, 6) is -1.36. The van der Waals surface area contributed by atoms with Gasteiger partial charge in [0.25, 0.3) is 11.8 Å². The number of anilines is 2. The lowest BCUT2D eigenvalue weighted by atomic mass is 10.0. The summed E-state index contributed by atoms with van der Waals surface area (Å²) in [5, 5.41) is 5.45. The van der Waals surface area contributed by atoms with E-state index in [2.05, 4.69) is 36.5 Å². The minimum Gasteiger partial charge on any atom is -0.340 e. The molecule has 4 rings (SSSR count). The third-order valence-corrected chi connectivity index (χ3v) is 5.39. The van der Waals surface area contributed by atoms with Crippen molar-refractivity contribution in [1.29, 1.82) is 0 Å². The first-order chi connectivity index (χ1) is 15.9. The zero-order chi connectivity index (χ0) is 23.4. The van der Waals surface area contributed by atoms with Crippen molar-refractivity contribution in [2.75, 3.05) is 10.6 Å². The Balaban J connectivity index is 1.58. The minimum absolute atomic E-state index is 0.0133. The molecule has 0 spiro atoms. The summed E-state index contributed by atoms with van der Waals surface area (Å²) in [6.45, 7) is 1.95. The van der Waals surface area contributed by atoms with Gasteiger partial charge in [-0.25, -0.2) is 4.98 Å². The van der Waals surface area contributed by atoms with Gasteiger partial charge in [-0.2, -0.15) is 0 Å². The molecule has 8 heteroatoms. The molecule has 4 aromatic rings. The number of ketones is 1. The van der Waals surface area contributed by atoms with Crippen molar-refractivity contribution in [2.24, 2.45) is 0 Å². The molecule has 3 aromatic carbocycles. The van der Waals surface area contributed by atoms with Gasteiger partial charge in [-0.3, -0.25) is 14.4 Å². The van der Waals surface area contributed by atoms with Crippen LogP contribution in [0.15, 0.2) is 83.6 Å². The second-order valence-electron chi connectivity index (χ2n) is 7.29. The Morgan fingerprint density at radius 2 is 1.61 bits per heavy atom. The lowest BCUT2D eigenvalue weighted by Gasteiger charge is -2.11. The standard InChI is InChI=1S/C25H19BrN4O3/c1-15-7-10-18(11-8-15)29-24(32)21-22(28-14-27-21)25(33)30-20-12-9-17(26)13-19(20)23(31)16-5-3-2-4-6-16/h2-14H,1H3,(H,27,28)(H,29,32)(H,30,33). The summed E-state index contributed by atoms with van der Waals surface area (Å²) in [5.41, 5.74) is 2.70. The highest BCUT2D eigenvalue weighted by atomic mass is 79.9. The third kappa shape index (κ3) is 5.07. The summed E-state index contributed by atoms with van der Waals surface area (Å²) in [7, 11) is 0. The number of H-pyrrole nitrogens is 1. The Bertz CT molecular complexity index is 1330. The number of halogens is 1. The molecular weight excluding hydrogens is 484 g/mol. The van der Waals surface area contributed by atoms with Gasteiger partial charge in [0.05, 0.1) is 12.0 Å². The highest BCUT2D eigenvalue weighted by Gasteiger charge is 2.23. The Hall–Kier alpha value is -4.04. The van der Waals surface area contributed by atoms with E-state index in [1.54, 1.807) is 54.6 Å². The molecule has 7 nitrogen and oxygen atoms in total. The molecule has 3 N–H and O–H groups in total. The number of benzene rings is 3. The van der Waals surface area contributed by atoms with Gasteiger partial charge in [-0.1, -0.05) is 64.0 Å². The van der Waals surface area contributed by atoms with Gasteiger partial charge in [0.15, 0.2) is 11.5 Å². The fourth-order valence-electron chi connectivity index (χ4n) is 3.21. The number of hydrogen-bond donors (Lipinski definition) is 3. The second-order valence-corrected chi connectivity index (χ2v) is 8.20. The van der Waals surface area contributed by atoms with E-state index in [0.29, 0.717) is 27.0 Å². The molecule has 164 valence electrons. The molecule has 0 bridgehead atoms. The van der Waals surface area contributed by atoms with E-state index in [1.165, 1.54) is 6.33 Å². The quantitative estimate of drug-likeness (QED) is 0.314. The van der Waals surface area contributed by atoms with Crippen LogP contribution in [0.25, 0.3) is 0 Å². The summed E-state index contributed by atoms with van der Waals surface area (Å²) in [6.07, 6.45) is 1.27. The SMILES string of the molecule is Cc1ccc(NC(=O)c2nc[nH]c2C(=O)Nc2ccc(Br)cc2C(=O)c2ccccc2)cc1. The number of hydrogen-bond acceptors (Lipinski definition) is 4. The van der Waals surface area contributed by atoms with Crippen LogP contribution in [0.5, 0.6) is 0 Å². The number of aryl methyl sites for hydroxylation is 1. The minimum atomic E-state index is -0.592. The molecule has 0 aliphatic carbocycles. The van der Waals surface area contributed by atoms with E-state index in [-0.39, 0.29) is 17.2 Å². The van der Waals surface area contributed by atoms with Crippen molar-refractivity contribution in [3.05, 3.63) is 112 Å². The van der Waals surface area contributed by atoms with Crippen LogP contribution in [0.4, 0.5) is 11.4 Å². The number of imidazole rings is 1. The predicted octanol–water partition coefficient (Wildman–Crippen LogP) is 5.22. The normalized spacial score (nSPS) is 10.5. The Morgan fingerprint density at radius 1 is 0.879 bits per heavy atom. The molecule has 0 aliphatic heterocycles. The Morgan fingerprint density at radius 3 is 2.33 bits per heavy atom. The zero-order valence-electron chi connectivity index (χ0n) is 17.6. The number of nitrogens with one attached hydrogen (secondary N) is 3. The molecule has 2 amide bonds. The fourth-order valence-corrected chi connectivity index (χ4v) is 3.57. The largest absolute Gasteiger partial charge is 0.340 e. The van der Waals surface area contributed by atoms with Gasteiger partial charge in [0.1, 0.15) is 5.69 Å². The Kier molecular flexibility index (Phi) is 6.46. The number of nitrogens with zero attached hydrogens (tertiary/aromatic N) is 1. The molecule has 0 saturated carbocycles. The summed E-state index contributed by atoms with van der Waals surface area (Å²) >= 11 is 3.37. The van der Waals surface area contributed by atoms with Crippen molar-refractivity contribution in [3.63, 3.8) is 0 Å². The highest BCUT2D eigenvalue weighted by Crippen LogP contribution is 2.25. The van der Waals surface area contributed by atoms with Crippen LogP contribution in [0, 0.1) is 6.92 Å².